The largest absolute Gasteiger partial charge is 0.465 e. The third-order valence-corrected chi connectivity index (χ3v) is 4.78. The summed E-state index contributed by atoms with van der Waals surface area (Å²) in [7, 11) is 0. The number of ether oxygens (including phenoxy) is 1. The predicted molar refractivity (Wildman–Crippen MR) is 73.2 cm³/mol. The standard InChI is InChI=1S/C16H28O2/c1-12(2)5-3-4-6-13-7-8-14-9-10-18-16(17)15(14)11-13/h12-15H,3-11H2,1-2H3. The minimum Gasteiger partial charge on any atom is -0.465 e. The zero-order valence-corrected chi connectivity index (χ0v) is 12.0. The second kappa shape index (κ2) is 6.58. The molecule has 0 aromatic heterocycles. The molecule has 2 fully saturated rings. The number of esters is 1. The Morgan fingerprint density at radius 1 is 1.22 bits per heavy atom. The van der Waals surface area contributed by atoms with Crippen LogP contribution in [0.5, 0.6) is 0 Å². The van der Waals surface area contributed by atoms with Crippen molar-refractivity contribution in [3.05, 3.63) is 0 Å². The van der Waals surface area contributed by atoms with Crippen LogP contribution in [-0.2, 0) is 9.53 Å². The van der Waals surface area contributed by atoms with E-state index in [4.69, 9.17) is 4.74 Å². The summed E-state index contributed by atoms with van der Waals surface area (Å²) in [6, 6.07) is 0. The molecule has 104 valence electrons. The van der Waals surface area contributed by atoms with E-state index in [9.17, 15) is 4.79 Å². The van der Waals surface area contributed by atoms with Crippen molar-refractivity contribution in [1.82, 2.24) is 0 Å². The highest BCUT2D eigenvalue weighted by Crippen LogP contribution is 2.40. The maximum absolute atomic E-state index is 11.8. The molecule has 1 saturated heterocycles. The van der Waals surface area contributed by atoms with Crippen molar-refractivity contribution in [3.63, 3.8) is 0 Å². The van der Waals surface area contributed by atoms with E-state index in [1.165, 1.54) is 38.5 Å². The van der Waals surface area contributed by atoms with E-state index in [0.717, 1.165) is 24.7 Å². The van der Waals surface area contributed by atoms with Crippen molar-refractivity contribution in [1.29, 1.82) is 0 Å². The summed E-state index contributed by atoms with van der Waals surface area (Å²) < 4.78 is 5.21. The van der Waals surface area contributed by atoms with Gasteiger partial charge in [0, 0.05) is 0 Å². The highest BCUT2D eigenvalue weighted by molar-refractivity contribution is 5.73. The van der Waals surface area contributed by atoms with Crippen LogP contribution in [-0.4, -0.2) is 12.6 Å². The molecule has 0 N–H and O–H groups in total. The van der Waals surface area contributed by atoms with Crippen LogP contribution in [0.25, 0.3) is 0 Å². The van der Waals surface area contributed by atoms with Crippen LogP contribution in [0, 0.1) is 23.7 Å². The van der Waals surface area contributed by atoms with Gasteiger partial charge in [-0.25, -0.2) is 0 Å². The molecule has 2 nitrogen and oxygen atoms in total. The molecule has 2 aliphatic rings. The van der Waals surface area contributed by atoms with Crippen LogP contribution in [0.3, 0.4) is 0 Å². The smallest absolute Gasteiger partial charge is 0.309 e. The number of fused-ring (bicyclic) bond motifs is 1. The van der Waals surface area contributed by atoms with E-state index in [2.05, 4.69) is 13.8 Å². The number of cyclic esters (lactones) is 1. The maximum Gasteiger partial charge on any atom is 0.309 e. The Hall–Kier alpha value is -0.530. The first-order valence-electron chi connectivity index (χ1n) is 7.83. The van der Waals surface area contributed by atoms with E-state index in [-0.39, 0.29) is 11.9 Å². The molecule has 18 heavy (non-hydrogen) atoms. The van der Waals surface area contributed by atoms with Gasteiger partial charge in [-0.05, 0) is 37.0 Å². The average molecular weight is 252 g/mol. The van der Waals surface area contributed by atoms with Gasteiger partial charge >= 0.3 is 5.97 Å². The van der Waals surface area contributed by atoms with Crippen molar-refractivity contribution >= 4 is 5.97 Å². The number of carbonyl (C=O) groups excluding carboxylic acids is 1. The van der Waals surface area contributed by atoms with Gasteiger partial charge in [-0.2, -0.15) is 0 Å². The van der Waals surface area contributed by atoms with Crippen molar-refractivity contribution in [2.75, 3.05) is 6.61 Å². The quantitative estimate of drug-likeness (QED) is 0.542. The van der Waals surface area contributed by atoms with Gasteiger partial charge in [0.15, 0.2) is 0 Å². The van der Waals surface area contributed by atoms with Crippen molar-refractivity contribution < 1.29 is 9.53 Å². The van der Waals surface area contributed by atoms with Gasteiger partial charge in [-0.1, -0.05) is 46.0 Å². The van der Waals surface area contributed by atoms with Crippen LogP contribution < -0.4 is 0 Å². The molecule has 3 unspecified atom stereocenters. The second-order valence-corrected chi connectivity index (χ2v) is 6.68. The SMILES string of the molecule is CC(C)CCCCC1CCC2CCOC(=O)C2C1. The first kappa shape index (κ1) is 13.9. The molecule has 1 heterocycles. The Kier molecular flexibility index (Phi) is 5.08. The fourth-order valence-corrected chi connectivity index (χ4v) is 3.62. The van der Waals surface area contributed by atoms with Crippen LogP contribution in [0.4, 0.5) is 0 Å². The third-order valence-electron chi connectivity index (χ3n) is 4.78. The van der Waals surface area contributed by atoms with Crippen LogP contribution in [0.15, 0.2) is 0 Å². The summed E-state index contributed by atoms with van der Waals surface area (Å²) in [4.78, 5) is 11.8. The summed E-state index contributed by atoms with van der Waals surface area (Å²) in [6.07, 6.45) is 10.2. The van der Waals surface area contributed by atoms with Gasteiger partial charge in [0.2, 0.25) is 0 Å². The first-order chi connectivity index (χ1) is 8.66. The fraction of sp³-hybridized carbons (Fsp3) is 0.938. The summed E-state index contributed by atoms with van der Waals surface area (Å²) in [5.74, 6) is 2.58. The number of unbranched alkanes of at least 4 members (excludes halogenated alkanes) is 1. The average Bonchev–Trinajstić information content (AvgIpc) is 2.35. The lowest BCUT2D eigenvalue weighted by Gasteiger charge is -2.37. The van der Waals surface area contributed by atoms with Gasteiger partial charge in [0.05, 0.1) is 12.5 Å². The number of rotatable bonds is 5. The molecule has 0 spiro atoms. The Balaban J connectivity index is 1.70. The van der Waals surface area contributed by atoms with Crippen molar-refractivity contribution in [2.24, 2.45) is 23.7 Å². The molecular weight excluding hydrogens is 224 g/mol. The molecule has 3 atom stereocenters. The van der Waals surface area contributed by atoms with E-state index < -0.39 is 0 Å². The first-order valence-corrected chi connectivity index (χ1v) is 7.83. The van der Waals surface area contributed by atoms with Crippen LogP contribution >= 0.6 is 0 Å². The Bertz CT molecular complexity index is 272. The summed E-state index contributed by atoms with van der Waals surface area (Å²) >= 11 is 0. The fourth-order valence-electron chi connectivity index (χ4n) is 3.62. The monoisotopic (exact) mass is 252 g/mol. The molecule has 0 amide bonds. The van der Waals surface area contributed by atoms with E-state index in [1.54, 1.807) is 0 Å². The van der Waals surface area contributed by atoms with Gasteiger partial charge in [0.25, 0.3) is 0 Å². The van der Waals surface area contributed by atoms with Gasteiger partial charge in [-0.3, -0.25) is 4.79 Å². The van der Waals surface area contributed by atoms with E-state index in [1.807, 2.05) is 0 Å². The lowest BCUT2D eigenvalue weighted by atomic mass is 9.70. The highest BCUT2D eigenvalue weighted by atomic mass is 16.5. The topological polar surface area (TPSA) is 26.3 Å². The van der Waals surface area contributed by atoms with Crippen molar-refractivity contribution in [3.8, 4) is 0 Å². The minimum absolute atomic E-state index is 0.0955. The molecule has 1 aliphatic heterocycles. The molecule has 0 aromatic carbocycles. The Morgan fingerprint density at radius 3 is 2.83 bits per heavy atom. The number of carbonyl (C=O) groups is 1. The van der Waals surface area contributed by atoms with Crippen LogP contribution in [0.1, 0.15) is 65.2 Å². The zero-order chi connectivity index (χ0) is 13.0. The molecule has 0 aromatic rings. The van der Waals surface area contributed by atoms with E-state index in [0.29, 0.717) is 12.5 Å². The second-order valence-electron chi connectivity index (χ2n) is 6.68. The lowest BCUT2D eigenvalue weighted by Crippen LogP contribution is -2.37. The van der Waals surface area contributed by atoms with E-state index >= 15 is 0 Å². The normalized spacial score (nSPS) is 32.2. The Labute approximate surface area is 111 Å². The third kappa shape index (κ3) is 3.73. The molecule has 1 saturated carbocycles. The van der Waals surface area contributed by atoms with Crippen LogP contribution in [0.2, 0.25) is 0 Å². The summed E-state index contributed by atoms with van der Waals surface area (Å²) in [5.41, 5.74) is 0. The van der Waals surface area contributed by atoms with Crippen molar-refractivity contribution in [2.45, 2.75) is 65.2 Å². The molecule has 1 aliphatic carbocycles. The van der Waals surface area contributed by atoms with Gasteiger partial charge in [-0.15, -0.1) is 0 Å². The molecule has 2 rings (SSSR count). The highest BCUT2D eigenvalue weighted by Gasteiger charge is 2.38. The molecule has 0 bridgehead atoms. The summed E-state index contributed by atoms with van der Waals surface area (Å²) in [5, 5.41) is 0. The predicted octanol–water partition coefficient (Wildman–Crippen LogP) is 4.18. The van der Waals surface area contributed by atoms with Gasteiger partial charge in [0.1, 0.15) is 0 Å². The maximum atomic E-state index is 11.8. The lowest BCUT2D eigenvalue weighted by molar-refractivity contribution is -0.159. The van der Waals surface area contributed by atoms with Gasteiger partial charge < -0.3 is 4.74 Å². The minimum atomic E-state index is 0.0955. The summed E-state index contributed by atoms with van der Waals surface area (Å²) in [6.45, 7) is 5.26. The molecule has 2 heteroatoms. The number of hydrogen-bond acceptors (Lipinski definition) is 2. The number of hydrogen-bond donors (Lipinski definition) is 0. The Morgan fingerprint density at radius 2 is 2.06 bits per heavy atom. The molecule has 0 radical (unpaired) electrons. The zero-order valence-electron chi connectivity index (χ0n) is 12.0. The molecular formula is C16H28O2.